The number of aryl methyl sites for hydroxylation is 1. The fourth-order valence-corrected chi connectivity index (χ4v) is 2.55. The highest BCUT2D eigenvalue weighted by molar-refractivity contribution is 6.29. The van der Waals surface area contributed by atoms with E-state index in [1.807, 2.05) is 37.4 Å². The minimum atomic E-state index is -0.0878. The molecule has 22 heavy (non-hydrogen) atoms. The van der Waals surface area contributed by atoms with E-state index in [4.69, 9.17) is 11.6 Å². The molecule has 1 N–H and O–H groups in total. The van der Waals surface area contributed by atoms with Gasteiger partial charge in [-0.25, -0.2) is 4.98 Å². The zero-order valence-corrected chi connectivity index (χ0v) is 13.0. The number of carbonyl (C=O) groups is 1. The molecule has 0 unspecified atom stereocenters. The van der Waals surface area contributed by atoms with Crippen molar-refractivity contribution in [1.82, 2.24) is 14.9 Å². The molecule has 4 nitrogen and oxygen atoms in total. The van der Waals surface area contributed by atoms with Crippen LogP contribution >= 0.6 is 11.6 Å². The Morgan fingerprint density at radius 3 is 2.77 bits per heavy atom. The van der Waals surface area contributed by atoms with E-state index in [1.165, 1.54) is 5.56 Å². The molecule has 0 aliphatic carbocycles. The second kappa shape index (κ2) is 6.20. The molecule has 1 amide bonds. The second-order valence-corrected chi connectivity index (χ2v) is 5.47. The summed E-state index contributed by atoms with van der Waals surface area (Å²) in [5.74, 6) is -0.0878. The standard InChI is InChI=1S/C17H16ClN3O/c1-21-15-11-13(7-8-14(15)20-17(21)18)16(22)19-10-9-12-5-3-2-4-6-12/h2-8,11H,9-10H2,1H3,(H,19,22). The number of benzene rings is 2. The summed E-state index contributed by atoms with van der Waals surface area (Å²) in [4.78, 5) is 16.4. The normalized spacial score (nSPS) is 10.8. The molecule has 3 aromatic rings. The summed E-state index contributed by atoms with van der Waals surface area (Å²) in [6.07, 6.45) is 0.812. The van der Waals surface area contributed by atoms with Crippen LogP contribution in [0.25, 0.3) is 11.0 Å². The average Bonchev–Trinajstić information content (AvgIpc) is 2.83. The number of imidazole rings is 1. The Kier molecular flexibility index (Phi) is 4.11. The summed E-state index contributed by atoms with van der Waals surface area (Å²) in [5, 5.41) is 3.35. The van der Waals surface area contributed by atoms with Crippen LogP contribution in [0.1, 0.15) is 15.9 Å². The summed E-state index contributed by atoms with van der Waals surface area (Å²) in [6, 6.07) is 15.5. The summed E-state index contributed by atoms with van der Waals surface area (Å²) in [6.45, 7) is 0.604. The maximum atomic E-state index is 12.2. The van der Waals surface area contributed by atoms with E-state index in [1.54, 1.807) is 10.6 Å². The van der Waals surface area contributed by atoms with E-state index >= 15 is 0 Å². The molecule has 0 bridgehead atoms. The molecule has 1 aromatic heterocycles. The Hall–Kier alpha value is -2.33. The zero-order valence-electron chi connectivity index (χ0n) is 12.2. The highest BCUT2D eigenvalue weighted by atomic mass is 35.5. The lowest BCUT2D eigenvalue weighted by Gasteiger charge is -2.06. The largest absolute Gasteiger partial charge is 0.352 e. The molecule has 112 valence electrons. The minimum absolute atomic E-state index is 0.0878. The van der Waals surface area contributed by atoms with Gasteiger partial charge in [-0.3, -0.25) is 4.79 Å². The SMILES string of the molecule is Cn1c(Cl)nc2ccc(C(=O)NCCc3ccccc3)cc21. The Morgan fingerprint density at radius 1 is 1.23 bits per heavy atom. The summed E-state index contributed by atoms with van der Waals surface area (Å²) < 4.78 is 1.76. The smallest absolute Gasteiger partial charge is 0.251 e. The first kappa shape index (κ1) is 14.6. The van der Waals surface area contributed by atoms with Crippen molar-refractivity contribution in [3.63, 3.8) is 0 Å². The van der Waals surface area contributed by atoms with Crippen molar-refractivity contribution in [2.45, 2.75) is 6.42 Å². The third kappa shape index (κ3) is 2.97. The molecule has 0 radical (unpaired) electrons. The van der Waals surface area contributed by atoms with Gasteiger partial charge in [0, 0.05) is 19.2 Å². The number of halogens is 1. The molecule has 3 rings (SSSR count). The first-order valence-electron chi connectivity index (χ1n) is 7.09. The Bertz CT molecular complexity index is 811. The van der Waals surface area contributed by atoms with Crippen molar-refractivity contribution in [3.05, 3.63) is 64.9 Å². The predicted octanol–water partition coefficient (Wildman–Crippen LogP) is 3.20. The van der Waals surface area contributed by atoms with Crippen molar-refractivity contribution in [2.75, 3.05) is 6.54 Å². The summed E-state index contributed by atoms with van der Waals surface area (Å²) >= 11 is 5.99. The van der Waals surface area contributed by atoms with Crippen LogP contribution in [0.2, 0.25) is 5.28 Å². The fourth-order valence-electron chi connectivity index (χ4n) is 2.37. The maximum absolute atomic E-state index is 12.2. The van der Waals surface area contributed by atoms with Crippen LogP contribution in [0.5, 0.6) is 0 Å². The number of nitrogens with one attached hydrogen (secondary N) is 1. The zero-order chi connectivity index (χ0) is 15.5. The van der Waals surface area contributed by atoms with E-state index < -0.39 is 0 Å². The third-order valence-corrected chi connectivity index (χ3v) is 3.97. The highest BCUT2D eigenvalue weighted by Crippen LogP contribution is 2.19. The Morgan fingerprint density at radius 2 is 2.00 bits per heavy atom. The Labute approximate surface area is 133 Å². The van der Waals surface area contributed by atoms with Gasteiger partial charge in [0.1, 0.15) is 0 Å². The molecule has 0 atom stereocenters. The quantitative estimate of drug-likeness (QED) is 0.804. The molecule has 0 aliphatic rings. The molecule has 2 aromatic carbocycles. The second-order valence-electron chi connectivity index (χ2n) is 5.13. The van der Waals surface area contributed by atoms with Crippen molar-refractivity contribution in [3.8, 4) is 0 Å². The predicted molar refractivity (Wildman–Crippen MR) is 88.2 cm³/mol. The number of hydrogen-bond acceptors (Lipinski definition) is 2. The number of carbonyl (C=O) groups excluding carboxylic acids is 1. The average molecular weight is 314 g/mol. The van der Waals surface area contributed by atoms with Gasteiger partial charge in [-0.15, -0.1) is 0 Å². The van der Waals surface area contributed by atoms with Crippen LogP contribution in [-0.4, -0.2) is 22.0 Å². The lowest BCUT2D eigenvalue weighted by atomic mass is 10.1. The topological polar surface area (TPSA) is 46.9 Å². The maximum Gasteiger partial charge on any atom is 0.251 e. The lowest BCUT2D eigenvalue weighted by Crippen LogP contribution is -2.25. The molecule has 0 spiro atoms. The van der Waals surface area contributed by atoms with Crippen molar-refractivity contribution in [2.24, 2.45) is 7.05 Å². The molecular weight excluding hydrogens is 298 g/mol. The molecule has 0 fully saturated rings. The van der Waals surface area contributed by atoms with Gasteiger partial charge < -0.3 is 9.88 Å². The van der Waals surface area contributed by atoms with Gasteiger partial charge in [-0.05, 0) is 41.8 Å². The van der Waals surface area contributed by atoms with Gasteiger partial charge in [0.15, 0.2) is 0 Å². The molecular formula is C17H16ClN3O. The first-order valence-corrected chi connectivity index (χ1v) is 7.47. The number of amides is 1. The van der Waals surface area contributed by atoms with E-state index in [0.717, 1.165) is 17.5 Å². The van der Waals surface area contributed by atoms with Crippen LogP contribution in [0.15, 0.2) is 48.5 Å². The van der Waals surface area contributed by atoms with Gasteiger partial charge in [0.2, 0.25) is 5.28 Å². The van der Waals surface area contributed by atoms with E-state index in [0.29, 0.717) is 17.4 Å². The van der Waals surface area contributed by atoms with Gasteiger partial charge in [-0.2, -0.15) is 0 Å². The number of aromatic nitrogens is 2. The van der Waals surface area contributed by atoms with Crippen LogP contribution in [0, 0.1) is 0 Å². The van der Waals surface area contributed by atoms with Gasteiger partial charge in [-0.1, -0.05) is 30.3 Å². The van der Waals surface area contributed by atoms with Crippen molar-refractivity contribution < 1.29 is 4.79 Å². The van der Waals surface area contributed by atoms with E-state index in [-0.39, 0.29) is 5.91 Å². The van der Waals surface area contributed by atoms with Gasteiger partial charge in [0.05, 0.1) is 11.0 Å². The number of hydrogen-bond donors (Lipinski definition) is 1. The van der Waals surface area contributed by atoms with Gasteiger partial charge >= 0.3 is 0 Å². The number of fused-ring (bicyclic) bond motifs is 1. The van der Waals surface area contributed by atoms with Crippen LogP contribution in [-0.2, 0) is 13.5 Å². The molecule has 5 heteroatoms. The van der Waals surface area contributed by atoms with Crippen LogP contribution in [0.3, 0.4) is 0 Å². The van der Waals surface area contributed by atoms with Crippen LogP contribution in [0.4, 0.5) is 0 Å². The molecule has 0 saturated carbocycles. The number of rotatable bonds is 4. The number of nitrogens with zero attached hydrogens (tertiary/aromatic N) is 2. The van der Waals surface area contributed by atoms with E-state index in [9.17, 15) is 4.79 Å². The van der Waals surface area contributed by atoms with Gasteiger partial charge in [0.25, 0.3) is 5.91 Å². The lowest BCUT2D eigenvalue weighted by molar-refractivity contribution is 0.0954. The van der Waals surface area contributed by atoms with Crippen LogP contribution < -0.4 is 5.32 Å². The molecule has 1 heterocycles. The molecule has 0 saturated heterocycles. The van der Waals surface area contributed by atoms with Crippen molar-refractivity contribution in [1.29, 1.82) is 0 Å². The highest BCUT2D eigenvalue weighted by Gasteiger charge is 2.10. The molecule has 0 aliphatic heterocycles. The van der Waals surface area contributed by atoms with E-state index in [2.05, 4.69) is 22.4 Å². The fraction of sp³-hybridized carbons (Fsp3) is 0.176. The summed E-state index contributed by atoms with van der Waals surface area (Å²) in [7, 11) is 1.83. The first-order chi connectivity index (χ1) is 10.6. The minimum Gasteiger partial charge on any atom is -0.352 e. The summed E-state index contributed by atoms with van der Waals surface area (Å²) in [5.41, 5.74) is 3.45. The Balaban J connectivity index is 1.68. The third-order valence-electron chi connectivity index (χ3n) is 3.63. The van der Waals surface area contributed by atoms with Crippen molar-refractivity contribution >= 4 is 28.5 Å². The monoisotopic (exact) mass is 313 g/mol.